The summed E-state index contributed by atoms with van der Waals surface area (Å²) in [5.41, 5.74) is 2.94. The smallest absolute Gasteiger partial charge is 0.172 e. The lowest BCUT2D eigenvalue weighted by molar-refractivity contribution is 0.191. The van der Waals surface area contributed by atoms with Gasteiger partial charge in [0.25, 0.3) is 0 Å². The fourth-order valence-electron chi connectivity index (χ4n) is 4.65. The van der Waals surface area contributed by atoms with Crippen LogP contribution in [0.15, 0.2) is 30.0 Å². The van der Waals surface area contributed by atoms with E-state index in [1.165, 1.54) is 0 Å². The van der Waals surface area contributed by atoms with Gasteiger partial charge in [-0.3, -0.25) is 0 Å². The lowest BCUT2D eigenvalue weighted by Gasteiger charge is -2.27. The average molecular weight is 583 g/mol. The van der Waals surface area contributed by atoms with Gasteiger partial charge >= 0.3 is 0 Å². The number of allylic oxidation sites excluding steroid dienone is 1. The highest BCUT2D eigenvalue weighted by Gasteiger charge is 2.29. The van der Waals surface area contributed by atoms with Crippen LogP contribution in [-0.4, -0.2) is 33.0 Å². The van der Waals surface area contributed by atoms with Gasteiger partial charge < -0.3 is 28.4 Å². The Hall–Kier alpha value is -3.02. The largest absolute Gasteiger partial charge is 0.494 e. The molecule has 0 amide bonds. The van der Waals surface area contributed by atoms with Crippen molar-refractivity contribution in [3.63, 3.8) is 0 Å². The van der Waals surface area contributed by atoms with Gasteiger partial charge in [-0.25, -0.2) is 0 Å². The summed E-state index contributed by atoms with van der Waals surface area (Å²) < 4.78 is 38.1. The molecule has 0 radical (unpaired) electrons. The van der Waals surface area contributed by atoms with Crippen molar-refractivity contribution in [1.82, 2.24) is 0 Å². The number of fused-ring (bicyclic) bond motifs is 1. The predicted octanol–water partition coefficient (Wildman–Crippen LogP) is 9.83. The van der Waals surface area contributed by atoms with Crippen LogP contribution >= 0.6 is 0 Å². The Balaban J connectivity index is 2.06. The van der Waals surface area contributed by atoms with Crippen LogP contribution < -0.4 is 23.7 Å². The number of hydrogen-bond donors (Lipinski definition) is 0. The van der Waals surface area contributed by atoms with Crippen LogP contribution in [0.2, 0.25) is 0 Å². The summed E-state index contributed by atoms with van der Waals surface area (Å²) in [5.74, 6) is 5.44. The van der Waals surface area contributed by atoms with E-state index in [1.807, 2.05) is 18.2 Å². The molecule has 1 aliphatic heterocycles. The van der Waals surface area contributed by atoms with Gasteiger partial charge in [-0.1, -0.05) is 66.7 Å². The van der Waals surface area contributed by atoms with E-state index < -0.39 is 0 Å². The van der Waals surface area contributed by atoms with Gasteiger partial charge in [0.1, 0.15) is 23.0 Å². The monoisotopic (exact) mass is 582 g/mol. The van der Waals surface area contributed by atoms with Crippen molar-refractivity contribution >= 4 is 5.76 Å². The normalized spacial score (nSPS) is 12.5. The van der Waals surface area contributed by atoms with Crippen LogP contribution in [0.3, 0.4) is 0 Å². The van der Waals surface area contributed by atoms with Gasteiger partial charge in [0.2, 0.25) is 0 Å². The molecule has 0 bridgehead atoms. The third-order valence-electron chi connectivity index (χ3n) is 7.35. The first-order chi connectivity index (χ1) is 20.6. The maximum absolute atomic E-state index is 6.75. The number of ether oxygens (including phenoxy) is 6. The summed E-state index contributed by atoms with van der Waals surface area (Å²) in [4.78, 5) is 0. The van der Waals surface area contributed by atoms with Crippen LogP contribution in [-0.2, 0) is 11.2 Å². The van der Waals surface area contributed by atoms with Crippen molar-refractivity contribution in [2.24, 2.45) is 0 Å². The molecule has 3 rings (SSSR count). The highest BCUT2D eigenvalue weighted by molar-refractivity contribution is 5.74. The molecule has 6 heteroatoms. The number of rotatable bonds is 21. The predicted molar refractivity (Wildman–Crippen MR) is 171 cm³/mol. The summed E-state index contributed by atoms with van der Waals surface area (Å²) in [6.07, 6.45) is 10.9. The second-order valence-corrected chi connectivity index (χ2v) is 11.0. The molecule has 0 N–H and O–H groups in total. The molecular formula is C36H54O6. The van der Waals surface area contributed by atoms with Crippen LogP contribution in [0, 0.1) is 6.92 Å². The fourth-order valence-corrected chi connectivity index (χ4v) is 4.65. The number of benzene rings is 2. The Labute approximate surface area is 254 Å². The Morgan fingerprint density at radius 2 is 1.17 bits per heavy atom. The van der Waals surface area contributed by atoms with Crippen molar-refractivity contribution in [3.8, 4) is 28.7 Å². The first-order valence-corrected chi connectivity index (χ1v) is 16.4. The minimum absolute atomic E-state index is 0.589. The van der Waals surface area contributed by atoms with Crippen molar-refractivity contribution in [2.45, 2.75) is 112 Å². The zero-order valence-electron chi connectivity index (χ0n) is 27.1. The summed E-state index contributed by atoms with van der Waals surface area (Å²) in [6.45, 7) is 16.2. The summed E-state index contributed by atoms with van der Waals surface area (Å²) >= 11 is 0. The molecule has 1 aliphatic rings. The molecule has 2 aromatic rings. The lowest BCUT2D eigenvalue weighted by Crippen LogP contribution is -2.16. The second kappa shape index (κ2) is 18.5. The van der Waals surface area contributed by atoms with Gasteiger partial charge in [-0.05, 0) is 51.2 Å². The zero-order chi connectivity index (χ0) is 30.2. The van der Waals surface area contributed by atoms with E-state index in [0.29, 0.717) is 39.5 Å². The van der Waals surface area contributed by atoms with Crippen LogP contribution in [0.5, 0.6) is 28.7 Å². The van der Waals surface area contributed by atoms with Crippen LogP contribution in [0.4, 0.5) is 0 Å². The molecule has 0 saturated heterocycles. The summed E-state index contributed by atoms with van der Waals surface area (Å²) in [6, 6.07) is 8.09. The minimum Gasteiger partial charge on any atom is -0.494 e. The Kier molecular flexibility index (Phi) is 14.8. The average Bonchev–Trinajstić information content (AvgIpc) is 2.99. The number of unbranched alkanes of at least 4 members (excludes halogenated alkanes) is 5. The van der Waals surface area contributed by atoms with E-state index in [4.69, 9.17) is 28.4 Å². The highest BCUT2D eigenvalue weighted by Crippen LogP contribution is 2.45. The fraction of sp³-hybridized carbons (Fsp3) is 0.611. The van der Waals surface area contributed by atoms with E-state index >= 15 is 0 Å². The van der Waals surface area contributed by atoms with E-state index in [2.05, 4.69) is 47.6 Å². The van der Waals surface area contributed by atoms with Gasteiger partial charge in [-0.2, -0.15) is 0 Å². The van der Waals surface area contributed by atoms with Gasteiger partial charge in [0, 0.05) is 35.2 Å². The van der Waals surface area contributed by atoms with E-state index in [1.54, 1.807) is 0 Å². The van der Waals surface area contributed by atoms with E-state index in [-0.39, 0.29) is 0 Å². The lowest BCUT2D eigenvalue weighted by atomic mass is 9.98. The molecule has 0 spiro atoms. The summed E-state index contributed by atoms with van der Waals surface area (Å²) in [5, 5.41) is 0. The Bertz CT molecular complexity index is 1120. The first-order valence-electron chi connectivity index (χ1n) is 16.4. The van der Waals surface area contributed by atoms with E-state index in [9.17, 15) is 0 Å². The molecule has 234 valence electrons. The van der Waals surface area contributed by atoms with Gasteiger partial charge in [0.15, 0.2) is 17.3 Å². The molecular weight excluding hydrogens is 528 g/mol. The Morgan fingerprint density at radius 3 is 1.79 bits per heavy atom. The molecule has 6 nitrogen and oxygen atoms in total. The minimum atomic E-state index is 0.589. The molecule has 0 unspecified atom stereocenters. The first kappa shape index (κ1) is 33.5. The molecule has 0 fully saturated rings. The molecule has 0 saturated carbocycles. The summed E-state index contributed by atoms with van der Waals surface area (Å²) in [7, 11) is 0. The van der Waals surface area contributed by atoms with Gasteiger partial charge in [0.05, 0.1) is 33.0 Å². The molecule has 0 aliphatic carbocycles. The van der Waals surface area contributed by atoms with Crippen LogP contribution in [0.25, 0.3) is 5.76 Å². The SMILES string of the molecule is CCCCOC1=C(c2ccc(OCCCC)c(OCCCC)c2C)Oc2cc(OCCCC)cc(OCCCC)c2C1. The maximum atomic E-state index is 6.75. The standard InChI is InChI=1S/C36H54O6/c1-7-12-19-37-28-24-32(39-21-14-9-3)30-26-34(40-22-15-10-4)36(42-33(30)25-28)29-17-18-31(38-20-13-8-2)35(27(29)6)41-23-16-11-5/h17-18,24-25H,7-16,19-23,26H2,1-6H3. The van der Waals surface area contributed by atoms with Crippen molar-refractivity contribution < 1.29 is 28.4 Å². The van der Waals surface area contributed by atoms with Crippen molar-refractivity contribution in [1.29, 1.82) is 0 Å². The Morgan fingerprint density at radius 1 is 0.619 bits per heavy atom. The quantitative estimate of drug-likeness (QED) is 0.137. The van der Waals surface area contributed by atoms with Gasteiger partial charge in [-0.15, -0.1) is 0 Å². The van der Waals surface area contributed by atoms with Crippen LogP contribution in [0.1, 0.15) is 116 Å². The second-order valence-electron chi connectivity index (χ2n) is 11.0. The third-order valence-corrected chi connectivity index (χ3v) is 7.35. The van der Waals surface area contributed by atoms with Crippen molar-refractivity contribution in [2.75, 3.05) is 33.0 Å². The number of hydrogen-bond acceptors (Lipinski definition) is 6. The third kappa shape index (κ3) is 9.50. The van der Waals surface area contributed by atoms with Crippen molar-refractivity contribution in [3.05, 3.63) is 46.7 Å². The molecule has 42 heavy (non-hydrogen) atoms. The molecule has 1 heterocycles. The topological polar surface area (TPSA) is 55.4 Å². The highest BCUT2D eigenvalue weighted by atomic mass is 16.5. The zero-order valence-corrected chi connectivity index (χ0v) is 27.1. The van der Waals surface area contributed by atoms with E-state index in [0.717, 1.165) is 121 Å². The molecule has 0 aromatic heterocycles. The maximum Gasteiger partial charge on any atom is 0.172 e. The molecule has 2 aromatic carbocycles. The molecule has 0 atom stereocenters.